The van der Waals surface area contributed by atoms with Crippen LogP contribution in [0, 0.1) is 5.92 Å². The van der Waals surface area contributed by atoms with Crippen molar-refractivity contribution in [3.8, 4) is 0 Å². The van der Waals surface area contributed by atoms with E-state index in [1.807, 2.05) is 18.2 Å². The number of alkyl halides is 1. The van der Waals surface area contributed by atoms with Crippen LogP contribution in [0.5, 0.6) is 0 Å². The zero-order valence-corrected chi connectivity index (χ0v) is 18.8. The first-order valence-corrected chi connectivity index (χ1v) is 11.9. The van der Waals surface area contributed by atoms with Crippen LogP contribution in [0.15, 0.2) is 18.2 Å². The fourth-order valence-electron chi connectivity index (χ4n) is 4.70. The summed E-state index contributed by atoms with van der Waals surface area (Å²) in [5, 5.41) is 4.12. The first-order chi connectivity index (χ1) is 14.5. The van der Waals surface area contributed by atoms with E-state index in [-0.39, 0.29) is 12.1 Å². The number of nitrogens with zero attached hydrogens (tertiary/aromatic N) is 3. The van der Waals surface area contributed by atoms with Crippen molar-refractivity contribution in [2.75, 3.05) is 50.7 Å². The molecule has 1 saturated carbocycles. The summed E-state index contributed by atoms with van der Waals surface area (Å²) < 4.78 is 14.6. The maximum absolute atomic E-state index is 14.6. The maximum Gasteiger partial charge on any atom is 0.317 e. The van der Waals surface area contributed by atoms with E-state index in [9.17, 15) is 9.18 Å². The molecule has 3 fully saturated rings. The standard InChI is InChI=1S/C22H31Cl2FN4O/c23-17-3-1-4-20(21(17)24)28-13-11-27(12-14-28)10-7-16-5-6-19(18(25)15-16)26-22(30)29-8-2-9-29/h1,3-4,16,18-19H,2,5-15H2,(H,26,30). The number of amides is 2. The van der Waals surface area contributed by atoms with Gasteiger partial charge in [-0.1, -0.05) is 29.3 Å². The van der Waals surface area contributed by atoms with Crippen molar-refractivity contribution in [3.63, 3.8) is 0 Å². The number of likely N-dealkylation sites (tertiary alicyclic amines) is 1. The molecule has 0 spiro atoms. The average Bonchev–Trinajstić information content (AvgIpc) is 2.69. The predicted molar refractivity (Wildman–Crippen MR) is 120 cm³/mol. The Morgan fingerprint density at radius 2 is 1.87 bits per heavy atom. The van der Waals surface area contributed by atoms with Gasteiger partial charge in [0.1, 0.15) is 6.17 Å². The normalized spacial score (nSPS) is 27.6. The van der Waals surface area contributed by atoms with Crippen molar-refractivity contribution < 1.29 is 9.18 Å². The first-order valence-electron chi connectivity index (χ1n) is 11.1. The van der Waals surface area contributed by atoms with E-state index < -0.39 is 6.17 Å². The van der Waals surface area contributed by atoms with E-state index in [1.54, 1.807) is 4.90 Å². The van der Waals surface area contributed by atoms with Gasteiger partial charge in [0.15, 0.2) is 0 Å². The summed E-state index contributed by atoms with van der Waals surface area (Å²) in [5.41, 5.74) is 1.00. The zero-order valence-electron chi connectivity index (χ0n) is 17.3. The topological polar surface area (TPSA) is 38.8 Å². The molecular formula is C22H31Cl2FN4O. The first kappa shape index (κ1) is 22.0. The number of carbonyl (C=O) groups excluding carboxylic acids is 1. The van der Waals surface area contributed by atoms with Crippen molar-refractivity contribution >= 4 is 34.9 Å². The number of urea groups is 1. The van der Waals surface area contributed by atoms with Gasteiger partial charge in [-0.3, -0.25) is 4.90 Å². The molecule has 1 aromatic carbocycles. The van der Waals surface area contributed by atoms with E-state index in [0.717, 1.165) is 77.2 Å². The van der Waals surface area contributed by atoms with Crippen molar-refractivity contribution in [2.45, 2.75) is 44.3 Å². The number of anilines is 1. The predicted octanol–water partition coefficient (Wildman–Crippen LogP) is 4.43. The summed E-state index contributed by atoms with van der Waals surface area (Å²) in [5.74, 6) is 0.401. The number of hydrogen-bond donors (Lipinski definition) is 1. The molecular weight excluding hydrogens is 426 g/mol. The van der Waals surface area contributed by atoms with Gasteiger partial charge in [0.2, 0.25) is 0 Å². The minimum atomic E-state index is -0.934. The van der Waals surface area contributed by atoms with Gasteiger partial charge in [0.25, 0.3) is 0 Å². The third-order valence-electron chi connectivity index (χ3n) is 6.83. The fourth-order valence-corrected chi connectivity index (χ4v) is 5.12. The van der Waals surface area contributed by atoms with E-state index in [1.165, 1.54) is 0 Å². The smallest absolute Gasteiger partial charge is 0.317 e. The molecule has 2 amide bonds. The summed E-state index contributed by atoms with van der Waals surface area (Å²) in [6.45, 7) is 6.39. The summed E-state index contributed by atoms with van der Waals surface area (Å²) in [6.07, 6.45) is 3.43. The Morgan fingerprint density at radius 1 is 1.10 bits per heavy atom. The third-order valence-corrected chi connectivity index (χ3v) is 7.64. The Kier molecular flexibility index (Phi) is 7.27. The summed E-state index contributed by atoms with van der Waals surface area (Å²) in [6, 6.07) is 5.36. The monoisotopic (exact) mass is 456 g/mol. The second-order valence-electron chi connectivity index (χ2n) is 8.78. The van der Waals surface area contributed by atoms with Gasteiger partial charge in [-0.05, 0) is 56.7 Å². The quantitative estimate of drug-likeness (QED) is 0.711. The lowest BCUT2D eigenvalue weighted by Gasteiger charge is -2.38. The highest BCUT2D eigenvalue weighted by Gasteiger charge is 2.33. The van der Waals surface area contributed by atoms with Crippen LogP contribution in [0.2, 0.25) is 10.0 Å². The average molecular weight is 457 g/mol. The molecule has 0 radical (unpaired) electrons. The summed E-state index contributed by atoms with van der Waals surface area (Å²) in [4.78, 5) is 18.5. The molecule has 0 bridgehead atoms. The van der Waals surface area contributed by atoms with Crippen LogP contribution in [0.4, 0.5) is 14.9 Å². The molecule has 3 atom stereocenters. The van der Waals surface area contributed by atoms with Gasteiger partial charge in [0, 0.05) is 39.3 Å². The van der Waals surface area contributed by atoms with E-state index in [4.69, 9.17) is 23.2 Å². The fraction of sp³-hybridized carbons (Fsp3) is 0.682. The zero-order chi connectivity index (χ0) is 21.1. The summed E-state index contributed by atoms with van der Waals surface area (Å²) in [7, 11) is 0. The maximum atomic E-state index is 14.6. The van der Waals surface area contributed by atoms with Gasteiger partial charge >= 0.3 is 6.03 Å². The highest BCUT2D eigenvalue weighted by atomic mass is 35.5. The van der Waals surface area contributed by atoms with Crippen molar-refractivity contribution in [1.82, 2.24) is 15.1 Å². The van der Waals surface area contributed by atoms with Gasteiger partial charge in [-0.2, -0.15) is 0 Å². The Morgan fingerprint density at radius 3 is 2.53 bits per heavy atom. The van der Waals surface area contributed by atoms with Crippen LogP contribution in [-0.2, 0) is 0 Å². The van der Waals surface area contributed by atoms with Crippen molar-refractivity contribution in [3.05, 3.63) is 28.2 Å². The second kappa shape index (κ2) is 9.92. The Bertz CT molecular complexity index is 740. The van der Waals surface area contributed by atoms with Crippen LogP contribution in [0.1, 0.15) is 32.1 Å². The SMILES string of the molecule is O=C(NC1CCC(CCN2CCN(c3cccc(Cl)c3Cl)CC2)CC1F)N1CCC1. The van der Waals surface area contributed by atoms with Gasteiger partial charge in [0.05, 0.1) is 21.8 Å². The lowest BCUT2D eigenvalue weighted by atomic mass is 9.82. The van der Waals surface area contributed by atoms with Gasteiger partial charge in [-0.15, -0.1) is 0 Å². The Labute approximate surface area is 188 Å². The molecule has 2 heterocycles. The molecule has 1 aromatic rings. The number of rotatable bonds is 5. The van der Waals surface area contributed by atoms with Gasteiger partial charge < -0.3 is 15.1 Å². The van der Waals surface area contributed by atoms with Crippen molar-refractivity contribution in [1.29, 1.82) is 0 Å². The number of carbonyl (C=O) groups is 1. The summed E-state index contributed by atoms with van der Waals surface area (Å²) >= 11 is 12.5. The molecule has 2 saturated heterocycles. The third kappa shape index (κ3) is 5.14. The van der Waals surface area contributed by atoms with Crippen LogP contribution in [-0.4, -0.2) is 73.9 Å². The van der Waals surface area contributed by atoms with Crippen LogP contribution in [0.3, 0.4) is 0 Å². The van der Waals surface area contributed by atoms with Crippen LogP contribution >= 0.6 is 23.2 Å². The van der Waals surface area contributed by atoms with E-state index in [2.05, 4.69) is 15.1 Å². The number of hydrogen-bond acceptors (Lipinski definition) is 3. The Hall–Kier alpha value is -1.24. The minimum Gasteiger partial charge on any atom is -0.368 e. The molecule has 2 aliphatic heterocycles. The highest BCUT2D eigenvalue weighted by molar-refractivity contribution is 6.43. The van der Waals surface area contributed by atoms with E-state index in [0.29, 0.717) is 22.4 Å². The number of benzene rings is 1. The number of piperazine rings is 1. The molecule has 166 valence electrons. The van der Waals surface area contributed by atoms with E-state index >= 15 is 0 Å². The van der Waals surface area contributed by atoms with Crippen LogP contribution < -0.4 is 10.2 Å². The number of halogens is 3. The number of nitrogens with one attached hydrogen (secondary N) is 1. The minimum absolute atomic E-state index is 0.0926. The molecule has 8 heteroatoms. The molecule has 1 N–H and O–H groups in total. The Balaban J connectivity index is 1.17. The molecule has 1 aliphatic carbocycles. The largest absolute Gasteiger partial charge is 0.368 e. The molecule has 0 aromatic heterocycles. The second-order valence-corrected chi connectivity index (χ2v) is 9.57. The molecule has 30 heavy (non-hydrogen) atoms. The molecule has 5 nitrogen and oxygen atoms in total. The molecule has 4 rings (SSSR count). The highest BCUT2D eigenvalue weighted by Crippen LogP contribution is 2.33. The lowest BCUT2D eigenvalue weighted by Crippen LogP contribution is -2.54. The van der Waals surface area contributed by atoms with Crippen molar-refractivity contribution in [2.24, 2.45) is 5.92 Å². The molecule has 3 unspecified atom stereocenters. The van der Waals surface area contributed by atoms with Crippen LogP contribution in [0.25, 0.3) is 0 Å². The lowest BCUT2D eigenvalue weighted by molar-refractivity contribution is 0.119. The van der Waals surface area contributed by atoms with Gasteiger partial charge in [-0.25, -0.2) is 9.18 Å². The molecule has 3 aliphatic rings.